The van der Waals surface area contributed by atoms with Crippen molar-refractivity contribution in [3.63, 3.8) is 0 Å². The number of nitriles is 1. The van der Waals surface area contributed by atoms with Gasteiger partial charge in [0.1, 0.15) is 35.5 Å². The van der Waals surface area contributed by atoms with Crippen LogP contribution in [0.5, 0.6) is 28.7 Å². The normalized spacial score (nSPS) is 17.6. The summed E-state index contributed by atoms with van der Waals surface area (Å²) in [5.41, 5.74) is 8.00. The predicted molar refractivity (Wildman–Crippen MR) is 139 cm³/mol. The standard InChI is InChI=1S/C30H28N2O6/c1-2-3-8-15-34-23-10-5-4-9-20(23)28-21-14-13-19(16-26(21)38-29(32)22(28)17-31)36-30(33)27-18-35-24-11-6-7-12-25(24)37-27/h4-7,9-14,16,27-28H,2-3,8,15,18,32H2,1H3. The lowest BCUT2D eigenvalue weighted by Crippen LogP contribution is -2.39. The van der Waals surface area contributed by atoms with Crippen LogP contribution in [0.3, 0.4) is 0 Å². The molecule has 2 N–H and O–H groups in total. The fourth-order valence-corrected chi connectivity index (χ4v) is 4.52. The van der Waals surface area contributed by atoms with Gasteiger partial charge in [-0.25, -0.2) is 4.79 Å². The second-order valence-electron chi connectivity index (χ2n) is 9.00. The fraction of sp³-hybridized carbons (Fsp3) is 0.267. The summed E-state index contributed by atoms with van der Waals surface area (Å²) in [7, 11) is 0. The van der Waals surface area contributed by atoms with Crippen LogP contribution in [0.1, 0.15) is 43.2 Å². The topological polar surface area (TPSA) is 113 Å². The third-order valence-corrected chi connectivity index (χ3v) is 6.42. The number of rotatable bonds is 8. The molecule has 0 radical (unpaired) electrons. The number of hydrogen-bond donors (Lipinski definition) is 1. The lowest BCUT2D eigenvalue weighted by atomic mass is 9.83. The number of carbonyl (C=O) groups excluding carboxylic acids is 1. The van der Waals surface area contributed by atoms with E-state index in [0.29, 0.717) is 40.7 Å². The molecule has 0 bridgehead atoms. The number of nitrogens with zero attached hydrogens (tertiary/aromatic N) is 1. The Kier molecular flexibility index (Phi) is 7.36. The zero-order valence-corrected chi connectivity index (χ0v) is 21.0. The molecule has 8 heteroatoms. The Morgan fingerprint density at radius 2 is 1.82 bits per heavy atom. The van der Waals surface area contributed by atoms with Crippen molar-refractivity contribution < 1.29 is 28.5 Å². The molecule has 2 heterocycles. The molecule has 2 aliphatic rings. The number of ether oxygens (including phenoxy) is 5. The van der Waals surface area contributed by atoms with Crippen molar-refractivity contribution in [1.29, 1.82) is 5.26 Å². The molecule has 0 saturated carbocycles. The van der Waals surface area contributed by atoms with E-state index in [2.05, 4.69) is 13.0 Å². The summed E-state index contributed by atoms with van der Waals surface area (Å²) < 4.78 is 28.9. The summed E-state index contributed by atoms with van der Waals surface area (Å²) in [5.74, 6) is 1.30. The quantitative estimate of drug-likeness (QED) is 0.248. The van der Waals surface area contributed by atoms with Gasteiger partial charge in [0.15, 0.2) is 11.5 Å². The van der Waals surface area contributed by atoms with Crippen LogP contribution >= 0.6 is 0 Å². The van der Waals surface area contributed by atoms with Crippen molar-refractivity contribution in [1.82, 2.24) is 0 Å². The van der Waals surface area contributed by atoms with E-state index in [1.165, 1.54) is 0 Å². The minimum absolute atomic E-state index is 0.00474. The number of unbranched alkanes of at least 4 members (excludes halogenated alkanes) is 2. The molecular formula is C30H28N2O6. The van der Waals surface area contributed by atoms with Gasteiger partial charge in [0.25, 0.3) is 0 Å². The van der Waals surface area contributed by atoms with Crippen LogP contribution in [-0.2, 0) is 4.79 Å². The van der Waals surface area contributed by atoms with Crippen molar-refractivity contribution in [2.75, 3.05) is 13.2 Å². The monoisotopic (exact) mass is 512 g/mol. The SMILES string of the molecule is CCCCCOc1ccccc1C1C(C#N)=C(N)Oc2cc(OC(=O)C3COc4ccccc4O3)ccc21. The van der Waals surface area contributed by atoms with E-state index < -0.39 is 18.0 Å². The molecule has 8 nitrogen and oxygen atoms in total. The maximum atomic E-state index is 12.8. The highest BCUT2D eigenvalue weighted by atomic mass is 16.6. The van der Waals surface area contributed by atoms with E-state index in [-0.39, 0.29) is 18.2 Å². The van der Waals surface area contributed by atoms with Gasteiger partial charge in [0, 0.05) is 17.2 Å². The number of nitrogens with two attached hydrogens (primary N) is 1. The van der Waals surface area contributed by atoms with E-state index in [9.17, 15) is 10.1 Å². The van der Waals surface area contributed by atoms with Crippen LogP contribution in [-0.4, -0.2) is 25.3 Å². The minimum atomic E-state index is -0.915. The Balaban J connectivity index is 1.39. The molecule has 0 aliphatic carbocycles. The smallest absolute Gasteiger partial charge is 0.356 e. The summed E-state index contributed by atoms with van der Waals surface area (Å²) >= 11 is 0. The summed E-state index contributed by atoms with van der Waals surface area (Å²) in [5, 5.41) is 9.94. The highest BCUT2D eigenvalue weighted by Gasteiger charge is 2.34. The second kappa shape index (κ2) is 11.2. The van der Waals surface area contributed by atoms with Gasteiger partial charge in [-0.05, 0) is 30.7 Å². The van der Waals surface area contributed by atoms with Gasteiger partial charge in [-0.15, -0.1) is 0 Å². The summed E-state index contributed by atoms with van der Waals surface area (Å²) in [6.45, 7) is 2.75. The molecule has 38 heavy (non-hydrogen) atoms. The average molecular weight is 513 g/mol. The van der Waals surface area contributed by atoms with E-state index in [4.69, 9.17) is 29.4 Å². The number of allylic oxidation sites excluding steroid dienone is 1. The van der Waals surface area contributed by atoms with Crippen LogP contribution in [0.4, 0.5) is 0 Å². The van der Waals surface area contributed by atoms with Gasteiger partial charge in [-0.1, -0.05) is 56.2 Å². The Hall–Kier alpha value is -4.64. The van der Waals surface area contributed by atoms with Gasteiger partial charge in [0.05, 0.1) is 12.5 Å². The minimum Gasteiger partial charge on any atom is -0.493 e. The van der Waals surface area contributed by atoms with Crippen LogP contribution < -0.4 is 29.4 Å². The molecule has 194 valence electrons. The summed E-state index contributed by atoms with van der Waals surface area (Å²) in [4.78, 5) is 12.8. The molecule has 0 aromatic heterocycles. The number of fused-ring (bicyclic) bond motifs is 2. The molecule has 5 rings (SSSR count). The van der Waals surface area contributed by atoms with Gasteiger partial charge in [0.2, 0.25) is 12.0 Å². The van der Waals surface area contributed by atoms with Crippen LogP contribution in [0.2, 0.25) is 0 Å². The third-order valence-electron chi connectivity index (χ3n) is 6.42. The molecule has 2 atom stereocenters. The number of para-hydroxylation sites is 3. The zero-order valence-electron chi connectivity index (χ0n) is 21.0. The van der Waals surface area contributed by atoms with Crippen molar-refractivity contribution in [3.8, 4) is 34.8 Å². The molecule has 3 aromatic rings. The number of carbonyl (C=O) groups is 1. The Bertz CT molecular complexity index is 1410. The van der Waals surface area contributed by atoms with E-state index in [0.717, 1.165) is 24.8 Å². The molecule has 2 aliphatic heterocycles. The van der Waals surface area contributed by atoms with E-state index >= 15 is 0 Å². The first-order valence-corrected chi connectivity index (χ1v) is 12.6. The van der Waals surface area contributed by atoms with Crippen LogP contribution in [0, 0.1) is 11.3 Å². The van der Waals surface area contributed by atoms with Gasteiger partial charge < -0.3 is 29.4 Å². The Morgan fingerprint density at radius 3 is 2.63 bits per heavy atom. The van der Waals surface area contributed by atoms with Gasteiger partial charge in [-0.2, -0.15) is 5.26 Å². The lowest BCUT2D eigenvalue weighted by Gasteiger charge is -2.28. The van der Waals surface area contributed by atoms with Crippen LogP contribution in [0.25, 0.3) is 0 Å². The highest BCUT2D eigenvalue weighted by molar-refractivity contribution is 5.78. The molecule has 0 saturated heterocycles. The number of benzene rings is 3. The highest BCUT2D eigenvalue weighted by Crippen LogP contribution is 2.46. The zero-order chi connectivity index (χ0) is 26.5. The van der Waals surface area contributed by atoms with Crippen molar-refractivity contribution in [2.24, 2.45) is 5.73 Å². The first-order valence-electron chi connectivity index (χ1n) is 12.6. The van der Waals surface area contributed by atoms with E-state index in [1.807, 2.05) is 30.3 Å². The van der Waals surface area contributed by atoms with Crippen molar-refractivity contribution >= 4 is 5.97 Å². The average Bonchev–Trinajstić information content (AvgIpc) is 2.94. The molecular weight excluding hydrogens is 484 g/mol. The first kappa shape index (κ1) is 25.0. The summed E-state index contributed by atoms with van der Waals surface area (Å²) in [6.07, 6.45) is 2.19. The van der Waals surface area contributed by atoms with Gasteiger partial charge in [-0.3, -0.25) is 0 Å². The Morgan fingerprint density at radius 1 is 1.03 bits per heavy atom. The second-order valence-corrected chi connectivity index (χ2v) is 9.00. The fourth-order valence-electron chi connectivity index (χ4n) is 4.52. The third kappa shape index (κ3) is 5.09. The van der Waals surface area contributed by atoms with Crippen molar-refractivity contribution in [3.05, 3.63) is 89.3 Å². The lowest BCUT2D eigenvalue weighted by molar-refractivity contribution is -0.144. The summed E-state index contributed by atoms with van der Waals surface area (Å²) in [6, 6.07) is 22.0. The molecule has 0 amide bonds. The maximum Gasteiger partial charge on any atom is 0.356 e. The molecule has 2 unspecified atom stereocenters. The largest absolute Gasteiger partial charge is 0.493 e. The van der Waals surface area contributed by atoms with Crippen LogP contribution in [0.15, 0.2) is 78.2 Å². The number of hydrogen-bond acceptors (Lipinski definition) is 8. The Labute approximate surface area is 221 Å². The molecule has 0 spiro atoms. The molecule has 3 aromatic carbocycles. The molecule has 0 fully saturated rings. The van der Waals surface area contributed by atoms with Gasteiger partial charge >= 0.3 is 5.97 Å². The maximum absolute atomic E-state index is 12.8. The van der Waals surface area contributed by atoms with E-state index in [1.54, 1.807) is 36.4 Å². The predicted octanol–water partition coefficient (Wildman–Crippen LogP) is 5.22. The van der Waals surface area contributed by atoms with Crippen molar-refractivity contribution in [2.45, 2.75) is 38.2 Å². The first-order chi connectivity index (χ1) is 18.6. The number of esters is 1.